The lowest BCUT2D eigenvalue weighted by atomic mass is 10.1. The van der Waals surface area contributed by atoms with Crippen molar-refractivity contribution in [1.82, 2.24) is 9.97 Å². The van der Waals surface area contributed by atoms with Gasteiger partial charge in [-0.25, -0.2) is 13.4 Å². The maximum Gasteiger partial charge on any atom is 0.225 e. The summed E-state index contributed by atoms with van der Waals surface area (Å²) in [6.45, 7) is 4.63. The van der Waals surface area contributed by atoms with Crippen LogP contribution in [0.2, 0.25) is 0 Å². The molecule has 1 unspecified atom stereocenters. The standard InChI is InChI=1S/C18H24N4O2S/c1-13-5-4-6-15(9-13)11-19-18-20-14(2)10-17(21-18)22(3)16-7-8-25(23,24)12-16/h4-6,9-10,16H,7-8,11-12H2,1-3H3,(H,19,20,21). The van der Waals surface area contributed by atoms with Crippen molar-refractivity contribution < 1.29 is 8.42 Å². The van der Waals surface area contributed by atoms with E-state index in [0.29, 0.717) is 18.9 Å². The highest BCUT2D eigenvalue weighted by atomic mass is 32.2. The molecule has 6 nitrogen and oxygen atoms in total. The molecule has 0 bridgehead atoms. The van der Waals surface area contributed by atoms with Gasteiger partial charge in [0.1, 0.15) is 5.82 Å². The Bertz CT molecular complexity index is 867. The highest BCUT2D eigenvalue weighted by Gasteiger charge is 2.31. The number of aromatic nitrogens is 2. The molecule has 0 radical (unpaired) electrons. The fourth-order valence-electron chi connectivity index (χ4n) is 3.08. The van der Waals surface area contributed by atoms with Crippen LogP contribution in [-0.2, 0) is 16.4 Å². The van der Waals surface area contributed by atoms with E-state index in [1.165, 1.54) is 11.1 Å². The van der Waals surface area contributed by atoms with Gasteiger partial charge in [0.2, 0.25) is 5.95 Å². The Morgan fingerprint density at radius 1 is 1.24 bits per heavy atom. The van der Waals surface area contributed by atoms with Crippen molar-refractivity contribution >= 4 is 21.6 Å². The topological polar surface area (TPSA) is 75.2 Å². The van der Waals surface area contributed by atoms with Crippen LogP contribution < -0.4 is 10.2 Å². The Morgan fingerprint density at radius 2 is 2.04 bits per heavy atom. The van der Waals surface area contributed by atoms with E-state index < -0.39 is 9.84 Å². The first kappa shape index (κ1) is 17.7. The molecule has 0 spiro atoms. The van der Waals surface area contributed by atoms with Crippen LogP contribution in [0.4, 0.5) is 11.8 Å². The molecule has 1 aromatic carbocycles. The summed E-state index contributed by atoms with van der Waals surface area (Å²) in [5.74, 6) is 1.76. The van der Waals surface area contributed by atoms with Crippen molar-refractivity contribution in [1.29, 1.82) is 0 Å². The summed E-state index contributed by atoms with van der Waals surface area (Å²) in [4.78, 5) is 11.0. The highest BCUT2D eigenvalue weighted by Crippen LogP contribution is 2.23. The molecule has 3 rings (SSSR count). The predicted octanol–water partition coefficient (Wildman–Crippen LogP) is 2.33. The van der Waals surface area contributed by atoms with Crippen molar-refractivity contribution in [3.05, 3.63) is 47.2 Å². The van der Waals surface area contributed by atoms with E-state index in [4.69, 9.17) is 0 Å². The van der Waals surface area contributed by atoms with E-state index in [2.05, 4.69) is 40.4 Å². The summed E-state index contributed by atoms with van der Waals surface area (Å²) in [7, 11) is -1.02. The fourth-order valence-corrected chi connectivity index (χ4v) is 4.86. The lowest BCUT2D eigenvalue weighted by Gasteiger charge is -2.25. The van der Waals surface area contributed by atoms with Crippen LogP contribution in [0, 0.1) is 13.8 Å². The molecular weight excluding hydrogens is 336 g/mol. The minimum absolute atomic E-state index is 0.0241. The second-order valence-corrected chi connectivity index (χ2v) is 8.93. The van der Waals surface area contributed by atoms with Crippen LogP contribution in [0.3, 0.4) is 0 Å². The molecule has 2 heterocycles. The fraction of sp³-hybridized carbons (Fsp3) is 0.444. The molecule has 25 heavy (non-hydrogen) atoms. The van der Waals surface area contributed by atoms with Gasteiger partial charge in [-0.2, -0.15) is 4.98 Å². The number of anilines is 2. The number of nitrogens with zero attached hydrogens (tertiary/aromatic N) is 3. The number of sulfone groups is 1. The summed E-state index contributed by atoms with van der Waals surface area (Å²) in [5.41, 5.74) is 3.23. The number of hydrogen-bond acceptors (Lipinski definition) is 6. The van der Waals surface area contributed by atoms with Gasteiger partial charge < -0.3 is 10.2 Å². The highest BCUT2D eigenvalue weighted by molar-refractivity contribution is 7.91. The van der Waals surface area contributed by atoms with E-state index >= 15 is 0 Å². The van der Waals surface area contributed by atoms with Gasteiger partial charge in [-0.3, -0.25) is 0 Å². The molecule has 1 saturated heterocycles. The van der Waals surface area contributed by atoms with Crippen LogP contribution in [0.15, 0.2) is 30.3 Å². The van der Waals surface area contributed by atoms with E-state index in [0.717, 1.165) is 11.5 Å². The van der Waals surface area contributed by atoms with Crippen molar-refractivity contribution in [3.63, 3.8) is 0 Å². The second kappa shape index (κ2) is 7.00. The third kappa shape index (κ3) is 4.48. The van der Waals surface area contributed by atoms with Crippen LogP contribution in [-0.4, -0.2) is 43.0 Å². The molecule has 0 saturated carbocycles. The largest absolute Gasteiger partial charge is 0.355 e. The molecule has 0 amide bonds. The first-order valence-electron chi connectivity index (χ1n) is 8.41. The normalized spacial score (nSPS) is 18.9. The Labute approximate surface area is 149 Å². The molecule has 134 valence electrons. The third-order valence-corrected chi connectivity index (χ3v) is 6.24. The van der Waals surface area contributed by atoms with Gasteiger partial charge in [0.15, 0.2) is 9.84 Å². The summed E-state index contributed by atoms with van der Waals surface area (Å²) in [5, 5.41) is 3.26. The second-order valence-electron chi connectivity index (χ2n) is 6.70. The summed E-state index contributed by atoms with van der Waals surface area (Å²) in [6.07, 6.45) is 0.647. The van der Waals surface area contributed by atoms with E-state index in [9.17, 15) is 8.42 Å². The smallest absolute Gasteiger partial charge is 0.225 e. The predicted molar refractivity (Wildman–Crippen MR) is 101 cm³/mol. The molecule has 2 aromatic rings. The number of aryl methyl sites for hydroxylation is 2. The quantitative estimate of drug-likeness (QED) is 0.882. The van der Waals surface area contributed by atoms with Crippen LogP contribution >= 0.6 is 0 Å². The molecular formula is C18H24N4O2S. The molecule has 7 heteroatoms. The first-order valence-corrected chi connectivity index (χ1v) is 10.2. The summed E-state index contributed by atoms with van der Waals surface area (Å²) < 4.78 is 23.5. The van der Waals surface area contributed by atoms with E-state index in [1.807, 2.05) is 31.0 Å². The molecule has 1 atom stereocenters. The SMILES string of the molecule is Cc1cccc(CNc2nc(C)cc(N(C)C3CCS(=O)(=O)C3)n2)c1. The zero-order valence-corrected chi connectivity index (χ0v) is 15.7. The maximum atomic E-state index is 11.7. The van der Waals surface area contributed by atoms with Gasteiger partial charge in [-0.1, -0.05) is 29.8 Å². The Hall–Kier alpha value is -2.15. The minimum atomic E-state index is -2.92. The van der Waals surface area contributed by atoms with Gasteiger partial charge in [-0.05, 0) is 25.8 Å². The lowest BCUT2D eigenvalue weighted by Crippen LogP contribution is -2.33. The van der Waals surface area contributed by atoms with Gasteiger partial charge in [-0.15, -0.1) is 0 Å². The number of nitrogens with one attached hydrogen (secondary N) is 1. The third-order valence-electron chi connectivity index (χ3n) is 4.49. The first-order chi connectivity index (χ1) is 11.8. The average molecular weight is 360 g/mol. The van der Waals surface area contributed by atoms with Gasteiger partial charge in [0, 0.05) is 31.4 Å². The molecule has 1 aromatic heterocycles. The van der Waals surface area contributed by atoms with Crippen LogP contribution in [0.5, 0.6) is 0 Å². The minimum Gasteiger partial charge on any atom is -0.355 e. The Kier molecular flexibility index (Phi) is 4.94. The van der Waals surface area contributed by atoms with Crippen molar-refractivity contribution in [2.24, 2.45) is 0 Å². The number of rotatable bonds is 5. The Balaban J connectivity index is 1.74. The van der Waals surface area contributed by atoms with Crippen LogP contribution in [0.1, 0.15) is 23.2 Å². The zero-order chi connectivity index (χ0) is 18.0. The van der Waals surface area contributed by atoms with Crippen molar-refractivity contribution in [2.75, 3.05) is 28.8 Å². The van der Waals surface area contributed by atoms with E-state index in [-0.39, 0.29) is 17.5 Å². The van der Waals surface area contributed by atoms with Crippen molar-refractivity contribution in [3.8, 4) is 0 Å². The summed E-state index contributed by atoms with van der Waals surface area (Å²) in [6, 6.07) is 10.1. The van der Waals surface area contributed by atoms with Gasteiger partial charge in [0.05, 0.1) is 11.5 Å². The zero-order valence-electron chi connectivity index (χ0n) is 14.9. The van der Waals surface area contributed by atoms with E-state index in [1.54, 1.807) is 0 Å². The van der Waals surface area contributed by atoms with Crippen molar-refractivity contribution in [2.45, 2.75) is 32.9 Å². The molecule has 0 aliphatic carbocycles. The summed E-state index contributed by atoms with van der Waals surface area (Å²) >= 11 is 0. The number of hydrogen-bond donors (Lipinski definition) is 1. The number of benzene rings is 1. The van der Waals surface area contributed by atoms with Gasteiger partial charge >= 0.3 is 0 Å². The average Bonchev–Trinajstić information content (AvgIpc) is 2.92. The molecule has 1 aliphatic rings. The molecule has 1 aliphatic heterocycles. The van der Waals surface area contributed by atoms with Gasteiger partial charge in [0.25, 0.3) is 0 Å². The Morgan fingerprint density at radius 3 is 2.72 bits per heavy atom. The lowest BCUT2D eigenvalue weighted by molar-refractivity contribution is 0.600. The monoisotopic (exact) mass is 360 g/mol. The van der Waals surface area contributed by atoms with Crippen LogP contribution in [0.25, 0.3) is 0 Å². The molecule has 1 N–H and O–H groups in total. The maximum absolute atomic E-state index is 11.7. The molecule has 1 fully saturated rings.